The predicted molar refractivity (Wildman–Crippen MR) is 79.3 cm³/mol. The van der Waals surface area contributed by atoms with Crippen LogP contribution in [-0.4, -0.2) is 13.4 Å². The Labute approximate surface area is 122 Å². The number of methoxy groups -OCH3 is 1. The quantitative estimate of drug-likeness (QED) is 0.802. The summed E-state index contributed by atoms with van der Waals surface area (Å²) in [5, 5.41) is 0. The van der Waals surface area contributed by atoms with Crippen LogP contribution in [0.2, 0.25) is 0 Å². The molecule has 0 spiro atoms. The lowest BCUT2D eigenvalue weighted by molar-refractivity contribution is -0.103. The fourth-order valence-corrected chi connectivity index (χ4v) is 3.02. The first-order valence-electron chi connectivity index (χ1n) is 6.78. The number of hydrogen-bond acceptors (Lipinski definition) is 2. The molecule has 0 amide bonds. The summed E-state index contributed by atoms with van der Waals surface area (Å²) in [4.78, 5) is 11.2. The molecule has 3 heteroatoms. The van der Waals surface area contributed by atoms with E-state index >= 15 is 0 Å². The first-order valence-corrected chi connectivity index (χ1v) is 6.78. The minimum absolute atomic E-state index is 0.308. The third-order valence-corrected chi connectivity index (χ3v) is 4.07. The summed E-state index contributed by atoms with van der Waals surface area (Å²) in [6, 6.07) is 14.1. The van der Waals surface area contributed by atoms with E-state index in [1.807, 2.05) is 30.3 Å². The maximum absolute atomic E-state index is 14.3. The number of aldehydes is 1. The van der Waals surface area contributed by atoms with Crippen molar-refractivity contribution in [3.63, 3.8) is 0 Å². The van der Waals surface area contributed by atoms with E-state index in [1.54, 1.807) is 25.3 Å². The van der Waals surface area contributed by atoms with Crippen LogP contribution >= 0.6 is 0 Å². The fourth-order valence-electron chi connectivity index (χ4n) is 3.02. The van der Waals surface area contributed by atoms with E-state index in [1.165, 1.54) is 6.07 Å². The molecule has 1 atom stereocenters. The largest absolute Gasteiger partial charge is 0.368 e. The average molecular weight is 282 g/mol. The van der Waals surface area contributed by atoms with Crippen molar-refractivity contribution in [1.29, 1.82) is 0 Å². The molecule has 0 fully saturated rings. The first kappa shape index (κ1) is 13.7. The third-order valence-electron chi connectivity index (χ3n) is 4.07. The van der Waals surface area contributed by atoms with Crippen molar-refractivity contribution in [3.8, 4) is 0 Å². The van der Waals surface area contributed by atoms with E-state index in [9.17, 15) is 9.18 Å². The summed E-state index contributed by atoms with van der Waals surface area (Å²) in [7, 11) is 1.57. The second kappa shape index (κ2) is 5.26. The van der Waals surface area contributed by atoms with Crippen molar-refractivity contribution in [2.45, 2.75) is 12.0 Å². The van der Waals surface area contributed by atoms with Crippen molar-refractivity contribution in [2.75, 3.05) is 7.11 Å². The zero-order chi connectivity index (χ0) is 14.9. The first-order chi connectivity index (χ1) is 10.2. The molecule has 0 heterocycles. The van der Waals surface area contributed by atoms with Crippen LogP contribution in [0.25, 0.3) is 5.57 Å². The number of ether oxygens (including phenoxy) is 1. The lowest BCUT2D eigenvalue weighted by Gasteiger charge is -2.37. The van der Waals surface area contributed by atoms with Crippen LogP contribution in [0.1, 0.15) is 23.1 Å². The molecule has 1 aliphatic carbocycles. The number of allylic oxidation sites excluding steroid dienone is 1. The lowest BCUT2D eigenvalue weighted by Crippen LogP contribution is -2.33. The molecule has 106 valence electrons. The van der Waals surface area contributed by atoms with Crippen molar-refractivity contribution in [2.24, 2.45) is 0 Å². The number of benzene rings is 2. The molecule has 0 radical (unpaired) electrons. The van der Waals surface area contributed by atoms with Gasteiger partial charge in [0.05, 0.1) is 0 Å². The Morgan fingerprint density at radius 1 is 1.10 bits per heavy atom. The number of halogens is 1. The summed E-state index contributed by atoms with van der Waals surface area (Å²) in [5.74, 6) is -0.308. The smallest absolute Gasteiger partial charge is 0.150 e. The lowest BCUT2D eigenvalue weighted by atomic mass is 9.75. The van der Waals surface area contributed by atoms with Crippen LogP contribution < -0.4 is 0 Å². The highest BCUT2D eigenvalue weighted by molar-refractivity contribution is 6.08. The Bertz CT molecular complexity index is 721. The topological polar surface area (TPSA) is 26.3 Å². The van der Waals surface area contributed by atoms with Gasteiger partial charge in [-0.25, -0.2) is 4.39 Å². The zero-order valence-corrected chi connectivity index (χ0v) is 11.7. The molecule has 3 rings (SSSR count). The Kier molecular flexibility index (Phi) is 3.43. The second-order valence-corrected chi connectivity index (χ2v) is 5.04. The van der Waals surface area contributed by atoms with Crippen LogP contribution in [0.4, 0.5) is 4.39 Å². The van der Waals surface area contributed by atoms with Gasteiger partial charge in [-0.1, -0.05) is 48.5 Å². The van der Waals surface area contributed by atoms with Crippen LogP contribution in [0.5, 0.6) is 0 Å². The Balaban J connectivity index is 2.28. The van der Waals surface area contributed by atoms with Crippen LogP contribution in [0.15, 0.2) is 54.6 Å². The van der Waals surface area contributed by atoms with Crippen LogP contribution in [0.3, 0.4) is 0 Å². The van der Waals surface area contributed by atoms with Gasteiger partial charge in [0.2, 0.25) is 0 Å². The molecule has 1 unspecified atom stereocenters. The monoisotopic (exact) mass is 282 g/mol. The molecule has 0 bridgehead atoms. The molecule has 0 saturated heterocycles. The van der Waals surface area contributed by atoms with E-state index in [0.29, 0.717) is 17.6 Å². The van der Waals surface area contributed by atoms with Gasteiger partial charge in [-0.05, 0) is 17.2 Å². The second-order valence-electron chi connectivity index (χ2n) is 5.04. The summed E-state index contributed by atoms with van der Waals surface area (Å²) in [6.45, 7) is 0. The van der Waals surface area contributed by atoms with Gasteiger partial charge in [0.15, 0.2) is 0 Å². The van der Waals surface area contributed by atoms with Crippen molar-refractivity contribution >= 4 is 11.9 Å². The summed E-state index contributed by atoms with van der Waals surface area (Å²) in [6.07, 6.45) is 3.07. The maximum atomic E-state index is 14.3. The van der Waals surface area contributed by atoms with Crippen LogP contribution in [0, 0.1) is 5.82 Å². The molecule has 0 aliphatic heterocycles. The van der Waals surface area contributed by atoms with Gasteiger partial charge < -0.3 is 4.74 Å². The van der Waals surface area contributed by atoms with Gasteiger partial charge in [0, 0.05) is 24.7 Å². The number of carbonyl (C=O) groups excluding carboxylic acids is 1. The van der Waals surface area contributed by atoms with E-state index < -0.39 is 5.60 Å². The highest BCUT2D eigenvalue weighted by Gasteiger charge is 2.40. The van der Waals surface area contributed by atoms with E-state index in [4.69, 9.17) is 4.74 Å². The summed E-state index contributed by atoms with van der Waals surface area (Å²) < 4.78 is 20.1. The summed E-state index contributed by atoms with van der Waals surface area (Å²) in [5.41, 5.74) is 1.83. The minimum atomic E-state index is -0.894. The van der Waals surface area contributed by atoms with Crippen molar-refractivity contribution < 1.29 is 13.9 Å². The highest BCUT2D eigenvalue weighted by Crippen LogP contribution is 2.44. The molecule has 21 heavy (non-hydrogen) atoms. The molecule has 1 aliphatic rings. The van der Waals surface area contributed by atoms with Crippen molar-refractivity contribution in [3.05, 3.63) is 77.1 Å². The van der Waals surface area contributed by atoms with Gasteiger partial charge in [0.1, 0.15) is 17.7 Å². The number of rotatable bonds is 3. The Morgan fingerprint density at radius 3 is 2.43 bits per heavy atom. The van der Waals surface area contributed by atoms with Gasteiger partial charge >= 0.3 is 0 Å². The minimum Gasteiger partial charge on any atom is -0.368 e. The molecule has 2 nitrogen and oxygen atoms in total. The molecule has 2 aromatic rings. The number of fused-ring (bicyclic) bond motifs is 1. The van der Waals surface area contributed by atoms with Gasteiger partial charge in [-0.3, -0.25) is 4.79 Å². The predicted octanol–water partition coefficient (Wildman–Crippen LogP) is 3.70. The molecular formula is C18H15FO2. The van der Waals surface area contributed by atoms with Gasteiger partial charge in [-0.15, -0.1) is 0 Å². The average Bonchev–Trinajstić information content (AvgIpc) is 2.54. The van der Waals surface area contributed by atoms with Gasteiger partial charge in [-0.2, -0.15) is 0 Å². The normalized spacial score (nSPS) is 20.6. The zero-order valence-electron chi connectivity index (χ0n) is 11.7. The Morgan fingerprint density at radius 2 is 1.76 bits per heavy atom. The third kappa shape index (κ3) is 2.01. The highest BCUT2D eigenvalue weighted by atomic mass is 19.1. The number of hydrogen-bond donors (Lipinski definition) is 0. The van der Waals surface area contributed by atoms with Crippen LogP contribution in [-0.2, 0) is 15.1 Å². The van der Waals surface area contributed by atoms with Crippen molar-refractivity contribution in [1.82, 2.24) is 0 Å². The fraction of sp³-hybridized carbons (Fsp3) is 0.167. The van der Waals surface area contributed by atoms with Gasteiger partial charge in [0.25, 0.3) is 0 Å². The van der Waals surface area contributed by atoms with E-state index in [2.05, 4.69) is 0 Å². The molecule has 0 aromatic heterocycles. The standard InChI is InChI=1S/C18H15FO2/c1-21-18(16-8-4-5-9-17(16)19)11-10-13(12-20)14-6-2-3-7-15(14)18/h2-10,12H,11H2,1H3. The molecule has 2 aromatic carbocycles. The molecule has 0 saturated carbocycles. The maximum Gasteiger partial charge on any atom is 0.150 e. The van der Waals surface area contributed by atoms with E-state index in [0.717, 1.165) is 17.4 Å². The Hall–Kier alpha value is -2.26. The van der Waals surface area contributed by atoms with E-state index in [-0.39, 0.29) is 5.82 Å². The SMILES string of the molecule is COC1(c2ccccc2F)CC=C(C=O)c2ccccc21. The number of carbonyl (C=O) groups is 1. The molecule has 0 N–H and O–H groups in total. The summed E-state index contributed by atoms with van der Waals surface area (Å²) >= 11 is 0. The molecular weight excluding hydrogens is 267 g/mol.